The van der Waals surface area contributed by atoms with Crippen molar-refractivity contribution in [1.29, 1.82) is 0 Å². The number of benzene rings is 2. The molecule has 3 rings (SSSR count). The first kappa shape index (κ1) is 17.7. The third kappa shape index (κ3) is 2.55. The number of fused-ring (bicyclic) bond motifs is 1. The smallest absolute Gasteiger partial charge is 0.0650 e. The van der Waals surface area contributed by atoms with Crippen molar-refractivity contribution in [3.8, 4) is 0 Å². The predicted molar refractivity (Wildman–Crippen MR) is 113 cm³/mol. The minimum absolute atomic E-state index is 0.757. The third-order valence-corrected chi connectivity index (χ3v) is 19.3. The molecule has 0 aromatic heterocycles. The lowest BCUT2D eigenvalue weighted by atomic mass is 10.2. The van der Waals surface area contributed by atoms with Gasteiger partial charge in [-0.3, -0.25) is 0 Å². The molecule has 0 spiro atoms. The molecule has 2 heteroatoms. The second-order valence-electron chi connectivity index (χ2n) is 8.72. The van der Waals surface area contributed by atoms with E-state index in [1.165, 1.54) is 6.04 Å². The van der Waals surface area contributed by atoms with Crippen LogP contribution in [0, 0.1) is 0 Å². The van der Waals surface area contributed by atoms with E-state index in [2.05, 4.69) is 95.4 Å². The molecule has 0 bridgehead atoms. The summed E-state index contributed by atoms with van der Waals surface area (Å²) < 4.78 is 0. The number of hydrogen-bond donors (Lipinski definition) is 0. The zero-order valence-corrected chi connectivity index (χ0v) is 18.1. The van der Waals surface area contributed by atoms with Gasteiger partial charge in [0, 0.05) is 0 Å². The summed E-state index contributed by atoms with van der Waals surface area (Å²) >= 11 is 0. The Bertz CT molecular complexity index is 707. The van der Waals surface area contributed by atoms with E-state index in [0.717, 1.165) is 16.6 Å². The molecule has 0 amide bonds. The monoisotopic (exact) mass is 352 g/mol. The van der Waals surface area contributed by atoms with Crippen molar-refractivity contribution in [3.63, 3.8) is 0 Å². The van der Waals surface area contributed by atoms with Gasteiger partial charge in [-0.05, 0) is 28.2 Å². The standard InChI is InChI=1S/C22H32Si2/c1-17(2)23(5)16-22(19-12-8-7-9-13-19)24(6,18(3)4)21-15-11-10-14-20(21)23/h7-15,17-18,22H,16H2,1-6H3/t22-,23-,24+/m1/s1. The van der Waals surface area contributed by atoms with Gasteiger partial charge < -0.3 is 0 Å². The highest BCUT2D eigenvalue weighted by Gasteiger charge is 2.53. The van der Waals surface area contributed by atoms with Gasteiger partial charge in [0.15, 0.2) is 0 Å². The van der Waals surface area contributed by atoms with Crippen LogP contribution in [0.5, 0.6) is 0 Å². The molecule has 24 heavy (non-hydrogen) atoms. The average molecular weight is 353 g/mol. The van der Waals surface area contributed by atoms with Crippen LogP contribution in [0.1, 0.15) is 38.8 Å². The van der Waals surface area contributed by atoms with Gasteiger partial charge in [0.25, 0.3) is 0 Å². The second-order valence-corrected chi connectivity index (χ2v) is 18.6. The minimum Gasteiger partial charge on any atom is -0.0650 e. The largest absolute Gasteiger partial charge is 0.0931 e. The lowest BCUT2D eigenvalue weighted by Gasteiger charge is -2.52. The first-order valence-electron chi connectivity index (χ1n) is 9.46. The van der Waals surface area contributed by atoms with Gasteiger partial charge in [-0.2, -0.15) is 0 Å². The summed E-state index contributed by atoms with van der Waals surface area (Å²) in [7, 11) is -3.09. The van der Waals surface area contributed by atoms with E-state index in [9.17, 15) is 0 Å². The van der Waals surface area contributed by atoms with Crippen LogP contribution >= 0.6 is 0 Å². The zero-order valence-electron chi connectivity index (χ0n) is 16.1. The third-order valence-electron chi connectivity index (χ3n) is 7.15. The molecular weight excluding hydrogens is 320 g/mol. The molecule has 0 radical (unpaired) electrons. The van der Waals surface area contributed by atoms with Gasteiger partial charge in [-0.25, -0.2) is 0 Å². The van der Waals surface area contributed by atoms with Crippen molar-refractivity contribution < 1.29 is 0 Å². The van der Waals surface area contributed by atoms with E-state index >= 15 is 0 Å². The molecule has 0 fully saturated rings. The van der Waals surface area contributed by atoms with Crippen LogP contribution in [0.3, 0.4) is 0 Å². The molecule has 2 aromatic carbocycles. The lowest BCUT2D eigenvalue weighted by Crippen LogP contribution is -2.71. The Morgan fingerprint density at radius 1 is 0.750 bits per heavy atom. The van der Waals surface area contributed by atoms with E-state index in [4.69, 9.17) is 0 Å². The van der Waals surface area contributed by atoms with Crippen molar-refractivity contribution >= 4 is 26.5 Å². The van der Waals surface area contributed by atoms with E-state index in [0.29, 0.717) is 0 Å². The molecule has 0 saturated heterocycles. The highest BCUT2D eigenvalue weighted by Crippen LogP contribution is 2.45. The van der Waals surface area contributed by atoms with Gasteiger partial charge in [0.1, 0.15) is 0 Å². The van der Waals surface area contributed by atoms with Crippen LogP contribution in [0.25, 0.3) is 0 Å². The molecule has 1 heterocycles. The molecule has 0 nitrogen and oxygen atoms in total. The molecule has 1 aliphatic heterocycles. The SMILES string of the molecule is CC(C)[Si@@]1(C)C[C@H](c2ccccc2)[Si@@](C)(C(C)C)c2ccccc21. The molecule has 0 aliphatic carbocycles. The van der Waals surface area contributed by atoms with Crippen molar-refractivity contribution in [1.82, 2.24) is 0 Å². The second kappa shape index (κ2) is 6.31. The van der Waals surface area contributed by atoms with Crippen LogP contribution in [0.15, 0.2) is 54.6 Å². The van der Waals surface area contributed by atoms with Gasteiger partial charge in [0.05, 0.1) is 16.1 Å². The van der Waals surface area contributed by atoms with Crippen LogP contribution < -0.4 is 10.4 Å². The molecule has 1 aliphatic rings. The van der Waals surface area contributed by atoms with Crippen molar-refractivity contribution in [3.05, 3.63) is 60.2 Å². The highest BCUT2D eigenvalue weighted by molar-refractivity contribution is 7.05. The Kier molecular flexibility index (Phi) is 4.65. The fourth-order valence-corrected chi connectivity index (χ4v) is 16.8. The van der Waals surface area contributed by atoms with Crippen LogP contribution in [-0.2, 0) is 0 Å². The first-order chi connectivity index (χ1) is 11.3. The zero-order chi connectivity index (χ0) is 17.5. The van der Waals surface area contributed by atoms with Gasteiger partial charge in [0.2, 0.25) is 0 Å². The van der Waals surface area contributed by atoms with Gasteiger partial charge in [-0.15, -0.1) is 0 Å². The fourth-order valence-electron chi connectivity index (χ4n) is 4.79. The van der Waals surface area contributed by atoms with Crippen LogP contribution in [0.2, 0.25) is 30.2 Å². The topological polar surface area (TPSA) is 0 Å². The van der Waals surface area contributed by atoms with Crippen LogP contribution in [0.4, 0.5) is 0 Å². The summed E-state index contributed by atoms with van der Waals surface area (Å²) in [4.78, 5) is 0. The predicted octanol–water partition coefficient (Wildman–Crippen LogP) is 5.41. The molecule has 3 atom stereocenters. The number of rotatable bonds is 3. The molecule has 0 unspecified atom stereocenters. The minimum atomic E-state index is -1.60. The summed E-state index contributed by atoms with van der Waals surface area (Å²) in [6.07, 6.45) is 0. The Hall–Kier alpha value is -1.13. The average Bonchev–Trinajstić information content (AvgIpc) is 2.58. The van der Waals surface area contributed by atoms with Gasteiger partial charge in [-0.1, -0.05) is 106 Å². The molecule has 0 saturated carbocycles. The van der Waals surface area contributed by atoms with E-state index in [-0.39, 0.29) is 0 Å². The Balaban J connectivity index is 2.28. The maximum absolute atomic E-state index is 2.66. The molecule has 128 valence electrons. The summed E-state index contributed by atoms with van der Waals surface area (Å²) in [5, 5.41) is 3.54. The summed E-state index contributed by atoms with van der Waals surface area (Å²) in [6, 6.07) is 22.4. The van der Waals surface area contributed by atoms with E-state index in [1.807, 2.05) is 0 Å². The maximum Gasteiger partial charge on any atom is 0.0931 e. The normalized spacial score (nSPS) is 29.8. The van der Waals surface area contributed by atoms with Crippen molar-refractivity contribution in [2.24, 2.45) is 0 Å². The van der Waals surface area contributed by atoms with Gasteiger partial charge >= 0.3 is 0 Å². The quantitative estimate of drug-likeness (QED) is 0.648. The number of hydrogen-bond acceptors (Lipinski definition) is 0. The van der Waals surface area contributed by atoms with E-state index in [1.54, 1.807) is 15.9 Å². The first-order valence-corrected chi connectivity index (χ1v) is 14.9. The fraction of sp³-hybridized carbons (Fsp3) is 0.455. The van der Waals surface area contributed by atoms with Crippen molar-refractivity contribution in [2.45, 2.75) is 63.5 Å². The Labute approximate surface area is 150 Å². The Morgan fingerprint density at radius 2 is 1.29 bits per heavy atom. The lowest BCUT2D eigenvalue weighted by molar-refractivity contribution is 0.877. The molecule has 2 aromatic rings. The maximum atomic E-state index is 2.66. The Morgan fingerprint density at radius 3 is 1.83 bits per heavy atom. The summed E-state index contributed by atoms with van der Waals surface area (Å²) in [5.41, 5.74) is 3.90. The van der Waals surface area contributed by atoms with Crippen molar-refractivity contribution in [2.75, 3.05) is 0 Å². The highest BCUT2D eigenvalue weighted by atomic mass is 28.3. The van der Waals surface area contributed by atoms with E-state index < -0.39 is 16.1 Å². The summed E-state index contributed by atoms with van der Waals surface area (Å²) in [5.74, 6) is 0. The van der Waals surface area contributed by atoms with Crippen LogP contribution in [-0.4, -0.2) is 16.1 Å². The molecular formula is C22H32Si2. The molecule has 0 N–H and O–H groups in total. The summed E-state index contributed by atoms with van der Waals surface area (Å²) in [6.45, 7) is 15.2.